The standard InChI is InChI=1S/C16H26N2O/c1-13-3-7-16(8-4-13)19-10-9-18-12-15(11-17)6-5-14(18)2/h3-4,7-8,14-15H,5-6,9-12,17H2,1-2H3. The van der Waals surface area contributed by atoms with Crippen LogP contribution in [0.1, 0.15) is 25.3 Å². The van der Waals surface area contributed by atoms with E-state index in [4.69, 9.17) is 10.5 Å². The summed E-state index contributed by atoms with van der Waals surface area (Å²) >= 11 is 0. The number of hydrogen-bond donors (Lipinski definition) is 1. The van der Waals surface area contributed by atoms with Gasteiger partial charge in [0.2, 0.25) is 0 Å². The minimum absolute atomic E-state index is 0.657. The fraction of sp³-hybridized carbons (Fsp3) is 0.625. The number of nitrogens with zero attached hydrogens (tertiary/aromatic N) is 1. The zero-order valence-electron chi connectivity index (χ0n) is 12.1. The zero-order chi connectivity index (χ0) is 13.7. The van der Waals surface area contributed by atoms with Gasteiger partial charge in [0.1, 0.15) is 12.4 Å². The molecule has 0 amide bonds. The van der Waals surface area contributed by atoms with Crippen molar-refractivity contribution in [2.45, 2.75) is 32.7 Å². The van der Waals surface area contributed by atoms with Gasteiger partial charge in [0.25, 0.3) is 0 Å². The number of aryl methyl sites for hydroxylation is 1. The summed E-state index contributed by atoms with van der Waals surface area (Å²) in [5, 5.41) is 0. The Balaban J connectivity index is 1.76. The first-order valence-corrected chi connectivity index (χ1v) is 7.32. The van der Waals surface area contributed by atoms with E-state index in [0.717, 1.165) is 32.0 Å². The summed E-state index contributed by atoms with van der Waals surface area (Å²) < 4.78 is 5.81. The molecular weight excluding hydrogens is 236 g/mol. The number of benzene rings is 1. The number of nitrogens with two attached hydrogens (primary N) is 1. The molecule has 3 nitrogen and oxygen atoms in total. The Bertz CT molecular complexity index is 377. The molecule has 0 aliphatic carbocycles. The maximum absolute atomic E-state index is 5.81. The number of likely N-dealkylation sites (tertiary alicyclic amines) is 1. The Morgan fingerprint density at radius 2 is 2.00 bits per heavy atom. The van der Waals surface area contributed by atoms with Gasteiger partial charge in [0, 0.05) is 19.1 Å². The lowest BCUT2D eigenvalue weighted by Gasteiger charge is -2.37. The summed E-state index contributed by atoms with van der Waals surface area (Å²) in [7, 11) is 0. The second-order valence-corrected chi connectivity index (χ2v) is 5.68. The first kappa shape index (κ1) is 14.4. The molecule has 3 heteroatoms. The van der Waals surface area contributed by atoms with Crippen molar-refractivity contribution in [3.63, 3.8) is 0 Å². The molecule has 0 radical (unpaired) electrons. The van der Waals surface area contributed by atoms with Gasteiger partial charge in [-0.15, -0.1) is 0 Å². The third-order valence-corrected chi connectivity index (χ3v) is 4.11. The van der Waals surface area contributed by atoms with Gasteiger partial charge in [-0.05, 0) is 51.3 Å². The van der Waals surface area contributed by atoms with Crippen LogP contribution in [0.4, 0.5) is 0 Å². The van der Waals surface area contributed by atoms with Crippen molar-refractivity contribution < 1.29 is 4.74 Å². The predicted octanol–water partition coefficient (Wildman–Crippen LogP) is 2.43. The molecule has 1 aromatic rings. The molecule has 1 saturated heterocycles. The van der Waals surface area contributed by atoms with Gasteiger partial charge in [-0.25, -0.2) is 0 Å². The van der Waals surface area contributed by atoms with Gasteiger partial charge < -0.3 is 10.5 Å². The van der Waals surface area contributed by atoms with Crippen LogP contribution in [0.5, 0.6) is 5.75 Å². The van der Waals surface area contributed by atoms with Crippen molar-refractivity contribution in [1.82, 2.24) is 4.90 Å². The van der Waals surface area contributed by atoms with Crippen LogP contribution in [0.15, 0.2) is 24.3 Å². The molecule has 1 heterocycles. The second-order valence-electron chi connectivity index (χ2n) is 5.68. The Hall–Kier alpha value is -1.06. The van der Waals surface area contributed by atoms with Crippen LogP contribution in [0.25, 0.3) is 0 Å². The highest BCUT2D eigenvalue weighted by Gasteiger charge is 2.24. The molecule has 19 heavy (non-hydrogen) atoms. The number of piperidine rings is 1. The quantitative estimate of drug-likeness (QED) is 0.885. The number of ether oxygens (including phenoxy) is 1. The normalized spacial score (nSPS) is 24.4. The van der Waals surface area contributed by atoms with E-state index in [9.17, 15) is 0 Å². The Labute approximate surface area is 116 Å². The maximum atomic E-state index is 5.81. The lowest BCUT2D eigenvalue weighted by Crippen LogP contribution is -2.45. The van der Waals surface area contributed by atoms with E-state index >= 15 is 0 Å². The lowest BCUT2D eigenvalue weighted by atomic mass is 9.94. The average molecular weight is 262 g/mol. The molecule has 2 N–H and O–H groups in total. The first-order chi connectivity index (χ1) is 9.19. The summed E-state index contributed by atoms with van der Waals surface area (Å²) in [6.07, 6.45) is 2.53. The van der Waals surface area contributed by atoms with Gasteiger partial charge in [0.05, 0.1) is 0 Å². The average Bonchev–Trinajstić information content (AvgIpc) is 2.43. The van der Waals surface area contributed by atoms with Crippen molar-refractivity contribution >= 4 is 0 Å². The van der Waals surface area contributed by atoms with Crippen LogP contribution < -0.4 is 10.5 Å². The predicted molar refractivity (Wildman–Crippen MR) is 79.5 cm³/mol. The SMILES string of the molecule is Cc1ccc(OCCN2CC(CN)CCC2C)cc1. The smallest absolute Gasteiger partial charge is 0.119 e. The van der Waals surface area contributed by atoms with Crippen molar-refractivity contribution in [3.8, 4) is 5.75 Å². The molecule has 2 rings (SSSR count). The summed E-state index contributed by atoms with van der Waals surface area (Å²) in [6.45, 7) is 8.07. The van der Waals surface area contributed by atoms with Crippen LogP contribution >= 0.6 is 0 Å². The fourth-order valence-corrected chi connectivity index (χ4v) is 2.68. The van der Waals surface area contributed by atoms with Gasteiger partial charge >= 0.3 is 0 Å². The molecular formula is C16H26N2O. The molecule has 1 aromatic carbocycles. The van der Waals surface area contributed by atoms with E-state index in [2.05, 4.69) is 30.9 Å². The summed E-state index contributed by atoms with van der Waals surface area (Å²) in [5.41, 5.74) is 7.05. The Morgan fingerprint density at radius 3 is 2.68 bits per heavy atom. The minimum atomic E-state index is 0.657. The lowest BCUT2D eigenvalue weighted by molar-refractivity contribution is 0.102. The van der Waals surface area contributed by atoms with Gasteiger partial charge in [0.15, 0.2) is 0 Å². The van der Waals surface area contributed by atoms with E-state index in [0.29, 0.717) is 12.0 Å². The fourth-order valence-electron chi connectivity index (χ4n) is 2.68. The largest absolute Gasteiger partial charge is 0.492 e. The Kier molecular flexibility index (Phi) is 5.23. The van der Waals surface area contributed by atoms with E-state index in [1.165, 1.54) is 18.4 Å². The molecule has 2 unspecified atom stereocenters. The van der Waals surface area contributed by atoms with Crippen molar-refractivity contribution in [1.29, 1.82) is 0 Å². The van der Waals surface area contributed by atoms with Crippen LogP contribution in [0.2, 0.25) is 0 Å². The molecule has 0 saturated carbocycles. The molecule has 1 aliphatic heterocycles. The number of hydrogen-bond acceptors (Lipinski definition) is 3. The summed E-state index contributed by atoms with van der Waals surface area (Å²) in [4.78, 5) is 2.51. The van der Waals surface area contributed by atoms with Crippen LogP contribution in [-0.4, -0.2) is 37.2 Å². The van der Waals surface area contributed by atoms with Crippen LogP contribution in [-0.2, 0) is 0 Å². The topological polar surface area (TPSA) is 38.5 Å². The molecule has 2 atom stereocenters. The molecule has 1 fully saturated rings. The molecule has 1 aliphatic rings. The summed E-state index contributed by atoms with van der Waals surface area (Å²) in [6, 6.07) is 8.91. The van der Waals surface area contributed by atoms with Crippen molar-refractivity contribution in [3.05, 3.63) is 29.8 Å². The third kappa shape index (κ3) is 4.22. The van der Waals surface area contributed by atoms with Gasteiger partial charge in [-0.2, -0.15) is 0 Å². The molecule has 0 bridgehead atoms. The molecule has 106 valence electrons. The highest BCUT2D eigenvalue weighted by atomic mass is 16.5. The zero-order valence-corrected chi connectivity index (χ0v) is 12.1. The third-order valence-electron chi connectivity index (χ3n) is 4.11. The Morgan fingerprint density at radius 1 is 1.26 bits per heavy atom. The highest BCUT2D eigenvalue weighted by molar-refractivity contribution is 5.26. The van der Waals surface area contributed by atoms with E-state index in [1.54, 1.807) is 0 Å². The van der Waals surface area contributed by atoms with E-state index < -0.39 is 0 Å². The highest BCUT2D eigenvalue weighted by Crippen LogP contribution is 2.20. The second kappa shape index (κ2) is 6.92. The van der Waals surface area contributed by atoms with Crippen molar-refractivity contribution in [2.75, 3.05) is 26.2 Å². The molecule has 0 aromatic heterocycles. The summed E-state index contributed by atoms with van der Waals surface area (Å²) in [5.74, 6) is 1.63. The van der Waals surface area contributed by atoms with Crippen molar-refractivity contribution in [2.24, 2.45) is 11.7 Å². The monoisotopic (exact) mass is 262 g/mol. The van der Waals surface area contributed by atoms with Gasteiger partial charge in [-0.1, -0.05) is 17.7 Å². The van der Waals surface area contributed by atoms with Crippen LogP contribution in [0, 0.1) is 12.8 Å². The maximum Gasteiger partial charge on any atom is 0.119 e. The minimum Gasteiger partial charge on any atom is -0.492 e. The van der Waals surface area contributed by atoms with E-state index in [-0.39, 0.29) is 0 Å². The van der Waals surface area contributed by atoms with E-state index in [1.807, 2.05) is 12.1 Å². The first-order valence-electron chi connectivity index (χ1n) is 7.32. The van der Waals surface area contributed by atoms with Gasteiger partial charge in [-0.3, -0.25) is 4.90 Å². The number of rotatable bonds is 5. The van der Waals surface area contributed by atoms with Crippen LogP contribution in [0.3, 0.4) is 0 Å². The molecule has 0 spiro atoms.